The van der Waals surface area contributed by atoms with Crippen molar-refractivity contribution in [2.45, 2.75) is 76.4 Å². The third kappa shape index (κ3) is 6.24. The molecule has 0 unspecified atom stereocenters. The molecule has 43 heavy (non-hydrogen) atoms. The number of carbonyl (C=O) groups excluding carboxylic acids is 2. The van der Waals surface area contributed by atoms with Crippen LogP contribution in [0.25, 0.3) is 0 Å². The lowest BCUT2D eigenvalue weighted by atomic mass is 9.71. The zero-order valence-corrected chi connectivity index (χ0v) is 24.9. The summed E-state index contributed by atoms with van der Waals surface area (Å²) in [6, 6.07) is 25.9. The highest BCUT2D eigenvalue weighted by Gasteiger charge is 2.42. The van der Waals surface area contributed by atoms with Gasteiger partial charge in [-0.15, -0.1) is 0 Å². The lowest BCUT2D eigenvalue weighted by Crippen LogP contribution is -2.37. The molecule has 0 aromatic heterocycles. The van der Waals surface area contributed by atoms with Crippen LogP contribution in [-0.2, 0) is 20.9 Å². The summed E-state index contributed by atoms with van der Waals surface area (Å²) >= 11 is 0. The highest BCUT2D eigenvalue weighted by atomic mass is 16.5. The fraction of sp³-hybridized carbons (Fsp3) is 0.351. The van der Waals surface area contributed by atoms with Gasteiger partial charge in [-0.1, -0.05) is 73.2 Å². The Morgan fingerprint density at radius 3 is 2.30 bits per heavy atom. The first-order valence-electron chi connectivity index (χ1n) is 15.4. The number of ether oxygens (including phenoxy) is 3. The molecule has 0 saturated heterocycles. The quantitative estimate of drug-likeness (QED) is 0.279. The molecule has 0 bridgehead atoms. The minimum absolute atomic E-state index is 0.0476. The number of hydrogen-bond donors (Lipinski definition) is 1. The number of rotatable bonds is 8. The monoisotopic (exact) mass is 577 g/mol. The highest BCUT2D eigenvalue weighted by molar-refractivity contribution is 6.04. The van der Waals surface area contributed by atoms with Gasteiger partial charge in [-0.25, -0.2) is 4.79 Å². The van der Waals surface area contributed by atoms with E-state index in [0.717, 1.165) is 53.8 Å². The first-order valence-corrected chi connectivity index (χ1v) is 15.4. The van der Waals surface area contributed by atoms with Crippen LogP contribution in [0, 0.1) is 0 Å². The Labute approximate surface area is 253 Å². The van der Waals surface area contributed by atoms with Crippen molar-refractivity contribution in [1.82, 2.24) is 5.32 Å². The Bertz CT molecular complexity index is 1540. The molecule has 6 rings (SSSR count). The molecule has 0 spiro atoms. The fourth-order valence-electron chi connectivity index (χ4n) is 6.72. The molecule has 6 nitrogen and oxygen atoms in total. The van der Waals surface area contributed by atoms with Crippen molar-refractivity contribution in [2.75, 3.05) is 7.11 Å². The predicted molar refractivity (Wildman–Crippen MR) is 166 cm³/mol. The molecule has 2 atom stereocenters. The van der Waals surface area contributed by atoms with E-state index >= 15 is 0 Å². The Balaban J connectivity index is 1.36. The van der Waals surface area contributed by atoms with Crippen molar-refractivity contribution >= 4 is 11.8 Å². The second-order valence-electron chi connectivity index (χ2n) is 11.8. The third-order valence-electron chi connectivity index (χ3n) is 8.90. The second-order valence-corrected chi connectivity index (χ2v) is 11.8. The summed E-state index contributed by atoms with van der Waals surface area (Å²) in [6.07, 6.45) is 6.05. The number of ketones is 1. The molecule has 6 heteroatoms. The van der Waals surface area contributed by atoms with E-state index in [2.05, 4.69) is 17.4 Å². The van der Waals surface area contributed by atoms with Crippen LogP contribution in [0.15, 0.2) is 101 Å². The highest BCUT2D eigenvalue weighted by Crippen LogP contribution is 2.47. The average molecular weight is 578 g/mol. The van der Waals surface area contributed by atoms with Gasteiger partial charge in [-0.05, 0) is 73.8 Å². The molecule has 3 aromatic rings. The zero-order valence-electron chi connectivity index (χ0n) is 24.9. The molecular formula is C37H39NO5. The molecule has 0 amide bonds. The Morgan fingerprint density at radius 1 is 0.860 bits per heavy atom. The minimum atomic E-state index is -0.561. The van der Waals surface area contributed by atoms with Gasteiger partial charge < -0.3 is 19.5 Å². The van der Waals surface area contributed by atoms with E-state index < -0.39 is 5.92 Å². The van der Waals surface area contributed by atoms with Crippen molar-refractivity contribution in [3.05, 3.63) is 118 Å². The largest absolute Gasteiger partial charge is 0.493 e. The number of hydrogen-bond acceptors (Lipinski definition) is 6. The van der Waals surface area contributed by atoms with E-state index in [1.807, 2.05) is 73.7 Å². The van der Waals surface area contributed by atoms with Crippen LogP contribution in [0.2, 0.25) is 0 Å². The second kappa shape index (κ2) is 12.9. The van der Waals surface area contributed by atoms with Crippen molar-refractivity contribution in [3.8, 4) is 11.5 Å². The van der Waals surface area contributed by atoms with Gasteiger partial charge in [0.15, 0.2) is 17.3 Å². The van der Waals surface area contributed by atoms with E-state index in [1.54, 1.807) is 7.11 Å². The van der Waals surface area contributed by atoms with Gasteiger partial charge in [0.1, 0.15) is 12.7 Å². The molecule has 3 aliphatic rings. The third-order valence-corrected chi connectivity index (χ3v) is 8.90. The number of esters is 1. The van der Waals surface area contributed by atoms with Crippen LogP contribution >= 0.6 is 0 Å². The molecule has 3 aromatic carbocycles. The van der Waals surface area contributed by atoms with Gasteiger partial charge in [0.2, 0.25) is 0 Å². The predicted octanol–water partition coefficient (Wildman–Crippen LogP) is 7.51. The summed E-state index contributed by atoms with van der Waals surface area (Å²) in [7, 11) is 1.61. The Kier molecular flexibility index (Phi) is 8.64. The van der Waals surface area contributed by atoms with Gasteiger partial charge in [-0.2, -0.15) is 0 Å². The summed E-state index contributed by atoms with van der Waals surface area (Å²) in [5.41, 5.74) is 5.75. The summed E-state index contributed by atoms with van der Waals surface area (Å²) in [6.45, 7) is 2.32. The maximum absolute atomic E-state index is 14.0. The van der Waals surface area contributed by atoms with Gasteiger partial charge >= 0.3 is 5.97 Å². The molecule has 2 aliphatic carbocycles. The van der Waals surface area contributed by atoms with Crippen LogP contribution in [0.3, 0.4) is 0 Å². The number of carbonyl (C=O) groups is 2. The molecule has 0 radical (unpaired) electrons. The first kappa shape index (κ1) is 28.8. The van der Waals surface area contributed by atoms with Gasteiger partial charge in [-0.3, -0.25) is 4.79 Å². The van der Waals surface area contributed by atoms with Crippen LogP contribution in [0.4, 0.5) is 0 Å². The molecule has 1 N–H and O–H groups in total. The van der Waals surface area contributed by atoms with E-state index in [4.69, 9.17) is 14.2 Å². The maximum atomic E-state index is 14.0. The van der Waals surface area contributed by atoms with Crippen LogP contribution in [0.5, 0.6) is 11.5 Å². The van der Waals surface area contributed by atoms with E-state index in [-0.39, 0.29) is 23.8 Å². The van der Waals surface area contributed by atoms with Gasteiger partial charge in [0.25, 0.3) is 0 Å². The zero-order chi connectivity index (χ0) is 29.8. The summed E-state index contributed by atoms with van der Waals surface area (Å²) in [5, 5.41) is 3.48. The molecular weight excluding hydrogens is 538 g/mol. The number of dihydropyridines is 1. The molecule has 1 saturated carbocycles. The SMILES string of the molecule is COc1cc([C@H]2C(C(=O)OC3CCCCC3)=C(C)NC3=C2C(=O)C[C@@H](c2ccccc2)C3)ccc1OCc1ccccc1. The molecule has 1 heterocycles. The van der Waals surface area contributed by atoms with Crippen LogP contribution in [0.1, 0.15) is 80.4 Å². The molecule has 1 aliphatic heterocycles. The van der Waals surface area contributed by atoms with Crippen LogP contribution in [-0.4, -0.2) is 25.0 Å². The average Bonchev–Trinajstić information content (AvgIpc) is 3.04. The molecule has 1 fully saturated rings. The van der Waals surface area contributed by atoms with Gasteiger partial charge in [0, 0.05) is 29.3 Å². The summed E-state index contributed by atoms with van der Waals surface area (Å²) in [5.74, 6) is 0.365. The number of nitrogens with one attached hydrogen (secondary N) is 1. The normalized spacial score (nSPS) is 20.7. The lowest BCUT2D eigenvalue weighted by molar-refractivity contribution is -0.146. The maximum Gasteiger partial charge on any atom is 0.337 e. The van der Waals surface area contributed by atoms with Crippen molar-refractivity contribution in [1.29, 1.82) is 0 Å². The van der Waals surface area contributed by atoms with Crippen molar-refractivity contribution < 1.29 is 23.8 Å². The smallest absolute Gasteiger partial charge is 0.337 e. The first-order chi connectivity index (χ1) is 21.0. The van der Waals surface area contributed by atoms with E-state index in [1.165, 1.54) is 6.42 Å². The number of Topliss-reactive ketones (excluding diaryl/α,β-unsaturated/α-hetero) is 1. The van der Waals surface area contributed by atoms with Crippen molar-refractivity contribution in [3.63, 3.8) is 0 Å². The van der Waals surface area contributed by atoms with E-state index in [0.29, 0.717) is 42.1 Å². The Morgan fingerprint density at radius 2 is 1.58 bits per heavy atom. The number of benzene rings is 3. The summed E-state index contributed by atoms with van der Waals surface area (Å²) < 4.78 is 18.0. The minimum Gasteiger partial charge on any atom is -0.493 e. The number of allylic oxidation sites excluding steroid dienone is 3. The van der Waals surface area contributed by atoms with E-state index in [9.17, 15) is 9.59 Å². The van der Waals surface area contributed by atoms with Gasteiger partial charge in [0.05, 0.1) is 12.7 Å². The standard InChI is InChI=1S/C37H39NO5/c1-24-34(37(40)43-29-16-10-5-11-17-29)35(36-30(38-24)20-28(21-31(36)39)26-14-8-4-9-15-26)27-18-19-32(33(22-27)41-2)42-23-25-12-6-3-7-13-25/h3-4,6-9,12-15,18-19,22,28-29,35,38H,5,10-11,16-17,20-21,23H2,1-2H3/t28-,35-/m0/s1. The van der Waals surface area contributed by atoms with Crippen LogP contribution < -0.4 is 14.8 Å². The van der Waals surface area contributed by atoms with Crippen molar-refractivity contribution in [2.24, 2.45) is 0 Å². The Hall–Kier alpha value is -4.32. The fourth-order valence-corrected chi connectivity index (χ4v) is 6.72. The molecule has 222 valence electrons. The number of methoxy groups -OCH3 is 1. The lowest BCUT2D eigenvalue weighted by Gasteiger charge is -2.37. The topological polar surface area (TPSA) is 73.9 Å². The summed E-state index contributed by atoms with van der Waals surface area (Å²) in [4.78, 5) is 27.9.